The number of esters is 1. The topological polar surface area (TPSA) is 108 Å². The number of benzene rings is 2. The third-order valence-corrected chi connectivity index (χ3v) is 4.80. The van der Waals surface area contributed by atoms with Gasteiger partial charge < -0.3 is 14.8 Å². The van der Waals surface area contributed by atoms with Crippen molar-refractivity contribution in [2.75, 3.05) is 19.0 Å². The number of halogens is 1. The summed E-state index contributed by atoms with van der Waals surface area (Å²) in [6, 6.07) is 10.9. The molecule has 3 rings (SSSR count). The lowest BCUT2D eigenvalue weighted by Gasteiger charge is -2.15. The number of carbonyl (C=O) groups excluding carboxylic acids is 2. The first-order valence-electron chi connectivity index (χ1n) is 8.41. The van der Waals surface area contributed by atoms with Gasteiger partial charge in [0.25, 0.3) is 11.6 Å². The first kappa shape index (κ1) is 19.6. The molecule has 1 saturated carbocycles. The maximum Gasteiger partial charge on any atom is 0.317 e. The van der Waals surface area contributed by atoms with Crippen molar-refractivity contribution in [3.05, 3.63) is 63.2 Å². The maximum atomic E-state index is 12.5. The Labute approximate surface area is 165 Å². The molecule has 0 aromatic heterocycles. The quantitative estimate of drug-likeness (QED) is 0.430. The molecule has 0 radical (unpaired) electrons. The van der Waals surface area contributed by atoms with Gasteiger partial charge in [-0.25, -0.2) is 0 Å². The fourth-order valence-electron chi connectivity index (χ4n) is 2.86. The van der Waals surface area contributed by atoms with Crippen LogP contribution in [0.3, 0.4) is 0 Å². The van der Waals surface area contributed by atoms with Crippen molar-refractivity contribution >= 4 is 34.9 Å². The molecule has 1 aliphatic rings. The Morgan fingerprint density at radius 2 is 1.89 bits per heavy atom. The fourth-order valence-corrected chi connectivity index (χ4v) is 2.98. The fraction of sp³-hybridized carbons (Fsp3) is 0.263. The highest BCUT2D eigenvalue weighted by Crippen LogP contribution is 2.49. The summed E-state index contributed by atoms with van der Waals surface area (Å²) < 4.78 is 10.1. The SMILES string of the molecule is COc1ccc(NC(=O)COC(=O)C2(c3ccc(Cl)cc3)CC2)c([N+](=O)[O-])c1. The summed E-state index contributed by atoms with van der Waals surface area (Å²) in [5.41, 5.74) is -0.297. The van der Waals surface area contributed by atoms with Gasteiger partial charge in [0.1, 0.15) is 11.4 Å². The molecule has 2 aromatic carbocycles. The molecule has 0 bridgehead atoms. The summed E-state index contributed by atoms with van der Waals surface area (Å²) in [4.78, 5) is 35.1. The second-order valence-electron chi connectivity index (χ2n) is 6.35. The Morgan fingerprint density at radius 1 is 1.21 bits per heavy atom. The maximum absolute atomic E-state index is 12.5. The van der Waals surface area contributed by atoms with Crippen molar-refractivity contribution in [2.45, 2.75) is 18.3 Å². The summed E-state index contributed by atoms with van der Waals surface area (Å²) in [5.74, 6) is -0.891. The van der Waals surface area contributed by atoms with E-state index in [0.717, 1.165) is 5.56 Å². The average molecular weight is 405 g/mol. The van der Waals surface area contributed by atoms with Gasteiger partial charge in [-0.15, -0.1) is 0 Å². The van der Waals surface area contributed by atoms with Crippen LogP contribution in [0.15, 0.2) is 42.5 Å². The predicted molar refractivity (Wildman–Crippen MR) is 102 cm³/mol. The Hall–Kier alpha value is -3.13. The number of rotatable bonds is 7. The third-order valence-electron chi connectivity index (χ3n) is 4.55. The second kappa shape index (κ2) is 7.85. The molecule has 8 nitrogen and oxygen atoms in total. The van der Waals surface area contributed by atoms with E-state index in [1.54, 1.807) is 24.3 Å². The van der Waals surface area contributed by atoms with Gasteiger partial charge in [0, 0.05) is 5.02 Å². The molecule has 0 unspecified atom stereocenters. The molecule has 1 amide bonds. The summed E-state index contributed by atoms with van der Waals surface area (Å²) in [7, 11) is 1.38. The monoisotopic (exact) mass is 404 g/mol. The molecule has 1 fully saturated rings. The number of anilines is 1. The lowest BCUT2D eigenvalue weighted by molar-refractivity contribution is -0.384. The van der Waals surface area contributed by atoms with Crippen LogP contribution in [0.2, 0.25) is 5.02 Å². The number of methoxy groups -OCH3 is 1. The zero-order valence-corrected chi connectivity index (χ0v) is 15.7. The van der Waals surface area contributed by atoms with Crippen molar-refractivity contribution in [1.29, 1.82) is 0 Å². The number of amides is 1. The van der Waals surface area contributed by atoms with E-state index in [1.807, 2.05) is 0 Å². The smallest absolute Gasteiger partial charge is 0.317 e. The van der Waals surface area contributed by atoms with Crippen molar-refractivity contribution in [2.24, 2.45) is 0 Å². The molecule has 1 N–H and O–H groups in total. The standard InChI is InChI=1S/C19H17ClN2O6/c1-27-14-6-7-15(16(10-14)22(25)26)21-17(23)11-28-18(24)19(8-9-19)12-2-4-13(20)5-3-12/h2-7,10H,8-9,11H2,1H3,(H,21,23). The van der Waals surface area contributed by atoms with Gasteiger partial charge in [-0.2, -0.15) is 0 Å². The number of nitrogens with one attached hydrogen (secondary N) is 1. The van der Waals surface area contributed by atoms with E-state index in [-0.39, 0.29) is 17.1 Å². The van der Waals surface area contributed by atoms with Crippen LogP contribution in [0.4, 0.5) is 11.4 Å². The van der Waals surface area contributed by atoms with E-state index < -0.39 is 28.8 Å². The highest BCUT2D eigenvalue weighted by Gasteiger charge is 2.52. The molecule has 0 spiro atoms. The molecule has 0 atom stereocenters. The van der Waals surface area contributed by atoms with Crippen molar-refractivity contribution in [3.8, 4) is 5.75 Å². The van der Waals surface area contributed by atoms with Crippen molar-refractivity contribution < 1.29 is 24.0 Å². The van der Waals surface area contributed by atoms with E-state index in [4.69, 9.17) is 21.1 Å². The number of nitro groups is 1. The summed E-state index contributed by atoms with van der Waals surface area (Å²) >= 11 is 5.87. The minimum absolute atomic E-state index is 0.00862. The minimum atomic E-state index is -0.753. The molecule has 9 heteroatoms. The second-order valence-corrected chi connectivity index (χ2v) is 6.79. The van der Waals surface area contributed by atoms with Crippen LogP contribution in [-0.4, -0.2) is 30.5 Å². The lowest BCUT2D eigenvalue weighted by Crippen LogP contribution is -2.28. The van der Waals surface area contributed by atoms with Gasteiger partial charge in [0.05, 0.1) is 23.5 Å². The zero-order chi connectivity index (χ0) is 20.3. The Morgan fingerprint density at radius 3 is 2.46 bits per heavy atom. The highest BCUT2D eigenvalue weighted by molar-refractivity contribution is 6.30. The molecule has 1 aliphatic carbocycles. The van der Waals surface area contributed by atoms with Crippen molar-refractivity contribution in [1.82, 2.24) is 0 Å². The van der Waals surface area contributed by atoms with Crippen LogP contribution in [0.5, 0.6) is 5.75 Å². The molecular weight excluding hydrogens is 388 g/mol. The largest absolute Gasteiger partial charge is 0.496 e. The highest BCUT2D eigenvalue weighted by atomic mass is 35.5. The minimum Gasteiger partial charge on any atom is -0.496 e. The zero-order valence-electron chi connectivity index (χ0n) is 14.9. The van der Waals surface area contributed by atoms with E-state index in [9.17, 15) is 19.7 Å². The summed E-state index contributed by atoms with van der Waals surface area (Å²) in [6.07, 6.45) is 1.25. The van der Waals surface area contributed by atoms with Crippen LogP contribution < -0.4 is 10.1 Å². The number of carbonyl (C=O) groups is 2. The molecule has 0 heterocycles. The molecular formula is C19H17ClN2O6. The lowest BCUT2D eigenvalue weighted by atomic mass is 9.96. The molecule has 28 heavy (non-hydrogen) atoms. The Bertz CT molecular complexity index is 925. The van der Waals surface area contributed by atoms with Crippen LogP contribution in [0, 0.1) is 10.1 Å². The number of hydrogen-bond acceptors (Lipinski definition) is 6. The van der Waals surface area contributed by atoms with Crippen molar-refractivity contribution in [3.63, 3.8) is 0 Å². The number of nitrogens with zero attached hydrogens (tertiary/aromatic N) is 1. The molecule has 2 aromatic rings. The summed E-state index contributed by atoms with van der Waals surface area (Å²) in [5, 5.41) is 14.1. The van der Waals surface area contributed by atoms with E-state index in [1.165, 1.54) is 25.3 Å². The number of ether oxygens (including phenoxy) is 2. The van der Waals surface area contributed by atoms with Crippen LogP contribution >= 0.6 is 11.6 Å². The average Bonchev–Trinajstić information content (AvgIpc) is 3.48. The molecule has 0 aliphatic heterocycles. The number of nitro benzene ring substituents is 1. The Kier molecular flexibility index (Phi) is 5.51. The van der Waals surface area contributed by atoms with Gasteiger partial charge in [0.2, 0.25) is 0 Å². The molecule has 146 valence electrons. The molecule has 0 saturated heterocycles. The first-order chi connectivity index (χ1) is 13.4. The van der Waals surface area contributed by atoms with Gasteiger partial charge in [-0.1, -0.05) is 23.7 Å². The van der Waals surface area contributed by atoms with Gasteiger partial charge in [0.15, 0.2) is 6.61 Å². The normalized spacial score (nSPS) is 14.1. The Balaban J connectivity index is 1.63. The number of hydrogen-bond donors (Lipinski definition) is 1. The van der Waals surface area contributed by atoms with Gasteiger partial charge in [-0.3, -0.25) is 19.7 Å². The predicted octanol–water partition coefficient (Wildman–Crippen LogP) is 3.47. The van der Waals surface area contributed by atoms with Gasteiger partial charge in [-0.05, 0) is 42.7 Å². The van der Waals surface area contributed by atoms with E-state index in [0.29, 0.717) is 17.9 Å². The van der Waals surface area contributed by atoms with E-state index >= 15 is 0 Å². The third kappa shape index (κ3) is 4.07. The van der Waals surface area contributed by atoms with Crippen LogP contribution in [-0.2, 0) is 19.7 Å². The van der Waals surface area contributed by atoms with Crippen LogP contribution in [0.25, 0.3) is 0 Å². The van der Waals surface area contributed by atoms with Gasteiger partial charge >= 0.3 is 5.97 Å². The van der Waals surface area contributed by atoms with Crippen LogP contribution in [0.1, 0.15) is 18.4 Å². The summed E-state index contributed by atoms with van der Waals surface area (Å²) in [6.45, 7) is -0.544. The van der Waals surface area contributed by atoms with E-state index in [2.05, 4.69) is 5.32 Å². The first-order valence-corrected chi connectivity index (χ1v) is 8.79.